The minimum absolute atomic E-state index is 0.0329. The van der Waals surface area contributed by atoms with E-state index in [1.807, 2.05) is 13.8 Å². The zero-order valence-corrected chi connectivity index (χ0v) is 10.9. The summed E-state index contributed by atoms with van der Waals surface area (Å²) < 4.78 is 5.50. The Balaban J connectivity index is 2.22. The molecule has 0 radical (unpaired) electrons. The summed E-state index contributed by atoms with van der Waals surface area (Å²) in [6.07, 6.45) is 2.06. The van der Waals surface area contributed by atoms with Gasteiger partial charge in [-0.15, -0.1) is 0 Å². The van der Waals surface area contributed by atoms with Crippen LogP contribution in [0.1, 0.15) is 20.3 Å². The van der Waals surface area contributed by atoms with Crippen LogP contribution in [0.25, 0.3) is 0 Å². The van der Waals surface area contributed by atoms with Gasteiger partial charge in [-0.25, -0.2) is 4.98 Å². The Morgan fingerprint density at radius 2 is 2.44 bits per heavy atom. The highest BCUT2D eigenvalue weighted by molar-refractivity contribution is 6.33. The maximum absolute atomic E-state index is 10.6. The van der Waals surface area contributed by atoms with Crippen LogP contribution in [-0.2, 0) is 4.74 Å². The van der Waals surface area contributed by atoms with Crippen LogP contribution in [0.2, 0.25) is 5.02 Å². The average molecular weight is 272 g/mol. The Hall–Kier alpha value is -1.40. The van der Waals surface area contributed by atoms with Crippen molar-refractivity contribution >= 4 is 23.1 Å². The first-order chi connectivity index (χ1) is 8.42. The van der Waals surface area contributed by atoms with Crippen molar-refractivity contribution in [1.82, 2.24) is 4.98 Å². The number of aromatic nitrogens is 1. The molecule has 6 nitrogen and oxygen atoms in total. The average Bonchev–Trinajstić information content (AvgIpc) is 2.62. The first kappa shape index (κ1) is 13.0. The molecule has 0 spiro atoms. The Morgan fingerprint density at radius 1 is 1.72 bits per heavy atom. The van der Waals surface area contributed by atoms with Crippen LogP contribution >= 0.6 is 11.6 Å². The number of ether oxygens (including phenoxy) is 1. The van der Waals surface area contributed by atoms with Crippen molar-refractivity contribution in [1.29, 1.82) is 0 Å². The number of hydrogen-bond acceptors (Lipinski definition) is 5. The van der Waals surface area contributed by atoms with Gasteiger partial charge in [0.1, 0.15) is 12.0 Å². The van der Waals surface area contributed by atoms with E-state index in [0.29, 0.717) is 12.4 Å². The third-order valence-corrected chi connectivity index (χ3v) is 3.62. The van der Waals surface area contributed by atoms with E-state index in [-0.39, 0.29) is 22.4 Å². The molecule has 18 heavy (non-hydrogen) atoms. The molecule has 0 saturated carbocycles. The second-order valence-electron chi connectivity index (χ2n) is 4.59. The third-order valence-electron chi connectivity index (χ3n) is 3.33. The molecule has 2 rings (SSSR count). The summed E-state index contributed by atoms with van der Waals surface area (Å²) in [5, 5.41) is 14.0. The molecule has 0 unspecified atom stereocenters. The third kappa shape index (κ3) is 2.39. The molecule has 1 fully saturated rings. The van der Waals surface area contributed by atoms with Crippen molar-refractivity contribution < 1.29 is 9.66 Å². The van der Waals surface area contributed by atoms with E-state index in [4.69, 9.17) is 16.3 Å². The normalized spacial score (nSPS) is 27.2. The highest BCUT2D eigenvalue weighted by atomic mass is 35.5. The van der Waals surface area contributed by atoms with E-state index in [9.17, 15) is 10.1 Å². The number of pyridine rings is 1. The Labute approximate surface area is 109 Å². The molecule has 0 aliphatic carbocycles. The largest absolute Gasteiger partial charge is 0.376 e. The van der Waals surface area contributed by atoms with E-state index in [2.05, 4.69) is 10.3 Å². The van der Waals surface area contributed by atoms with Crippen LogP contribution in [0.15, 0.2) is 12.3 Å². The van der Waals surface area contributed by atoms with Crippen LogP contribution in [0.4, 0.5) is 11.5 Å². The van der Waals surface area contributed by atoms with Gasteiger partial charge in [0.15, 0.2) is 0 Å². The van der Waals surface area contributed by atoms with Gasteiger partial charge in [0.2, 0.25) is 0 Å². The van der Waals surface area contributed by atoms with Gasteiger partial charge in [-0.3, -0.25) is 10.1 Å². The molecular weight excluding hydrogens is 258 g/mol. The number of anilines is 1. The first-order valence-electron chi connectivity index (χ1n) is 5.62. The molecule has 0 aromatic carbocycles. The molecule has 1 aromatic rings. The number of nitrogens with one attached hydrogen (secondary N) is 1. The van der Waals surface area contributed by atoms with Gasteiger partial charge < -0.3 is 10.1 Å². The van der Waals surface area contributed by atoms with E-state index in [1.54, 1.807) is 0 Å². The van der Waals surface area contributed by atoms with Gasteiger partial charge in [-0.2, -0.15) is 0 Å². The molecule has 1 N–H and O–H groups in total. The van der Waals surface area contributed by atoms with Crippen LogP contribution in [0.3, 0.4) is 0 Å². The second kappa shape index (κ2) is 4.70. The van der Waals surface area contributed by atoms with Crippen molar-refractivity contribution in [2.75, 3.05) is 11.9 Å². The Kier molecular flexibility index (Phi) is 3.41. The quantitative estimate of drug-likeness (QED) is 0.675. The zero-order chi connectivity index (χ0) is 13.3. The number of nitro groups is 1. The van der Waals surface area contributed by atoms with Gasteiger partial charge in [0.05, 0.1) is 21.6 Å². The lowest BCUT2D eigenvalue weighted by molar-refractivity contribution is -0.385. The van der Waals surface area contributed by atoms with Crippen LogP contribution in [-0.4, -0.2) is 28.2 Å². The smallest absolute Gasteiger partial charge is 0.289 e. The highest BCUT2D eigenvalue weighted by Crippen LogP contribution is 2.32. The van der Waals surface area contributed by atoms with Gasteiger partial charge in [0.25, 0.3) is 5.69 Å². The molecule has 1 aromatic heterocycles. The van der Waals surface area contributed by atoms with Crippen molar-refractivity contribution in [3.63, 3.8) is 0 Å². The summed E-state index contributed by atoms with van der Waals surface area (Å²) >= 11 is 5.99. The number of rotatable bonds is 3. The lowest BCUT2D eigenvalue weighted by atomic mass is 9.95. The van der Waals surface area contributed by atoms with Gasteiger partial charge in [0, 0.05) is 12.7 Å². The Bertz CT molecular complexity index is 483. The van der Waals surface area contributed by atoms with E-state index in [0.717, 1.165) is 6.42 Å². The molecule has 2 atom stereocenters. The first-order valence-corrected chi connectivity index (χ1v) is 6.00. The molecule has 1 saturated heterocycles. The number of hydrogen-bond donors (Lipinski definition) is 1. The number of nitrogens with zero attached hydrogens (tertiary/aromatic N) is 2. The Morgan fingerprint density at radius 3 is 2.94 bits per heavy atom. The van der Waals surface area contributed by atoms with Crippen LogP contribution in [0.5, 0.6) is 0 Å². The van der Waals surface area contributed by atoms with Crippen molar-refractivity contribution in [3.05, 3.63) is 27.4 Å². The molecule has 2 heterocycles. The lowest BCUT2D eigenvalue weighted by Gasteiger charge is -2.29. The molecule has 0 bridgehead atoms. The second-order valence-corrected chi connectivity index (χ2v) is 4.99. The molecule has 0 amide bonds. The van der Waals surface area contributed by atoms with Crippen LogP contribution < -0.4 is 5.32 Å². The molecule has 98 valence electrons. The maximum atomic E-state index is 10.6. The van der Waals surface area contributed by atoms with E-state index >= 15 is 0 Å². The summed E-state index contributed by atoms with van der Waals surface area (Å²) in [5.74, 6) is 0.446. The predicted molar refractivity (Wildman–Crippen MR) is 68.0 cm³/mol. The van der Waals surface area contributed by atoms with Crippen molar-refractivity contribution in [2.45, 2.75) is 31.9 Å². The standard InChI is InChI=1S/C11H14ClN3O3/c1-7-11(2,3-4-18-7)14-10-9(12)5-8(6-13-10)15(16)17/h5-7H,3-4H2,1-2H3,(H,13,14)/t7-,11+/m1/s1. The van der Waals surface area contributed by atoms with Crippen molar-refractivity contribution in [3.8, 4) is 0 Å². The fraction of sp³-hybridized carbons (Fsp3) is 0.545. The molecule has 7 heteroatoms. The SMILES string of the molecule is C[C@H]1OCC[C@]1(C)Nc1ncc([N+](=O)[O-])cc1Cl. The summed E-state index contributed by atoms with van der Waals surface area (Å²) in [6.45, 7) is 4.67. The minimum Gasteiger partial charge on any atom is -0.376 e. The molecule has 1 aliphatic rings. The number of halogens is 1. The van der Waals surface area contributed by atoms with E-state index < -0.39 is 4.92 Å². The summed E-state index contributed by atoms with van der Waals surface area (Å²) in [6, 6.07) is 1.29. The summed E-state index contributed by atoms with van der Waals surface area (Å²) in [7, 11) is 0. The van der Waals surface area contributed by atoms with Crippen LogP contribution in [0, 0.1) is 10.1 Å². The fourth-order valence-corrected chi connectivity index (χ4v) is 2.10. The monoisotopic (exact) mass is 271 g/mol. The molecular formula is C11H14ClN3O3. The zero-order valence-electron chi connectivity index (χ0n) is 10.1. The fourth-order valence-electron chi connectivity index (χ4n) is 1.89. The van der Waals surface area contributed by atoms with Gasteiger partial charge >= 0.3 is 0 Å². The minimum atomic E-state index is -0.522. The summed E-state index contributed by atoms with van der Waals surface area (Å²) in [5.41, 5.74) is -0.376. The van der Waals surface area contributed by atoms with Gasteiger partial charge in [-0.05, 0) is 20.3 Å². The molecule has 1 aliphatic heterocycles. The summed E-state index contributed by atoms with van der Waals surface area (Å²) in [4.78, 5) is 14.1. The topological polar surface area (TPSA) is 77.3 Å². The van der Waals surface area contributed by atoms with Crippen molar-refractivity contribution in [2.24, 2.45) is 0 Å². The maximum Gasteiger partial charge on any atom is 0.289 e. The highest BCUT2D eigenvalue weighted by Gasteiger charge is 2.37. The van der Waals surface area contributed by atoms with Gasteiger partial charge in [-0.1, -0.05) is 11.6 Å². The lowest BCUT2D eigenvalue weighted by Crippen LogP contribution is -2.41. The predicted octanol–water partition coefficient (Wildman–Crippen LogP) is 2.62. The van der Waals surface area contributed by atoms with E-state index in [1.165, 1.54) is 12.3 Å².